The summed E-state index contributed by atoms with van der Waals surface area (Å²) >= 11 is 5.63. The lowest BCUT2D eigenvalue weighted by atomic mass is 10.2. The zero-order chi connectivity index (χ0) is 14.7. The third-order valence-electron chi connectivity index (χ3n) is 2.63. The lowest BCUT2D eigenvalue weighted by Crippen LogP contribution is -2.01. The third-order valence-corrected chi connectivity index (χ3v) is 2.86. The van der Waals surface area contributed by atoms with Crippen molar-refractivity contribution in [3.8, 4) is 11.5 Å². The van der Waals surface area contributed by atoms with Crippen molar-refractivity contribution in [2.45, 2.75) is 6.61 Å². The lowest BCUT2D eigenvalue weighted by Gasteiger charge is -2.10. The Bertz CT molecular complexity index is 658. The first-order valence-electron chi connectivity index (χ1n) is 5.61. The molecule has 0 bridgehead atoms. The molecule has 0 spiro atoms. The van der Waals surface area contributed by atoms with Gasteiger partial charge in [-0.05, 0) is 24.3 Å². The summed E-state index contributed by atoms with van der Waals surface area (Å²) in [5, 5.41) is 18.9. The summed E-state index contributed by atoms with van der Waals surface area (Å²) in [7, 11) is 0. The number of rotatable bonds is 4. The Morgan fingerprint density at radius 1 is 1.30 bits per heavy atom. The molecule has 0 saturated heterocycles. The van der Waals surface area contributed by atoms with E-state index < -0.39 is 17.5 Å². The van der Waals surface area contributed by atoms with Gasteiger partial charge in [-0.2, -0.15) is 0 Å². The summed E-state index contributed by atoms with van der Waals surface area (Å²) in [4.78, 5) is 10.8. The highest BCUT2D eigenvalue weighted by Crippen LogP contribution is 2.30. The first-order valence-corrected chi connectivity index (χ1v) is 5.99. The molecule has 0 unspecified atom stereocenters. The number of carboxylic acids is 1. The van der Waals surface area contributed by atoms with Crippen LogP contribution in [0.4, 0.5) is 4.39 Å². The molecule has 2 N–H and O–H groups in total. The number of para-hydroxylation sites is 1. The van der Waals surface area contributed by atoms with Crippen molar-refractivity contribution in [1.82, 2.24) is 0 Å². The Morgan fingerprint density at radius 3 is 2.70 bits per heavy atom. The van der Waals surface area contributed by atoms with Crippen molar-refractivity contribution in [3.63, 3.8) is 0 Å². The standard InChI is InChI=1S/C14H10ClFO4/c15-9-5-4-8(11(16)6-9)7-20-12-3-1-2-10(13(12)17)14(18)19/h1-6,17H,7H2,(H,18,19). The largest absolute Gasteiger partial charge is 0.504 e. The van der Waals surface area contributed by atoms with E-state index in [1.54, 1.807) is 0 Å². The number of benzene rings is 2. The van der Waals surface area contributed by atoms with Crippen molar-refractivity contribution in [2.24, 2.45) is 0 Å². The summed E-state index contributed by atoms with van der Waals surface area (Å²) < 4.78 is 18.8. The number of phenols is 1. The Hall–Kier alpha value is -2.27. The van der Waals surface area contributed by atoms with Gasteiger partial charge in [-0.1, -0.05) is 23.7 Å². The van der Waals surface area contributed by atoms with Crippen molar-refractivity contribution in [2.75, 3.05) is 0 Å². The fourth-order valence-corrected chi connectivity index (χ4v) is 1.76. The first-order chi connectivity index (χ1) is 9.49. The summed E-state index contributed by atoms with van der Waals surface area (Å²) in [6.07, 6.45) is 0. The highest BCUT2D eigenvalue weighted by Gasteiger charge is 2.14. The topological polar surface area (TPSA) is 66.8 Å². The van der Waals surface area contributed by atoms with E-state index in [4.69, 9.17) is 21.4 Å². The normalized spacial score (nSPS) is 10.3. The highest BCUT2D eigenvalue weighted by atomic mass is 35.5. The third kappa shape index (κ3) is 3.00. The zero-order valence-corrected chi connectivity index (χ0v) is 10.9. The van der Waals surface area contributed by atoms with E-state index in [1.165, 1.54) is 30.3 Å². The van der Waals surface area contributed by atoms with Crippen LogP contribution in [0.15, 0.2) is 36.4 Å². The minimum atomic E-state index is -1.27. The molecule has 2 aromatic rings. The maximum Gasteiger partial charge on any atom is 0.339 e. The van der Waals surface area contributed by atoms with Gasteiger partial charge in [0.15, 0.2) is 11.5 Å². The second-order valence-electron chi connectivity index (χ2n) is 3.98. The smallest absolute Gasteiger partial charge is 0.339 e. The summed E-state index contributed by atoms with van der Waals surface area (Å²) in [5.41, 5.74) is -0.0337. The molecule has 6 heteroatoms. The van der Waals surface area contributed by atoms with Crippen molar-refractivity contribution in [3.05, 3.63) is 58.4 Å². The molecule has 0 aliphatic heterocycles. The molecule has 0 radical (unpaired) electrons. The van der Waals surface area contributed by atoms with Gasteiger partial charge in [-0.25, -0.2) is 9.18 Å². The zero-order valence-electron chi connectivity index (χ0n) is 10.1. The van der Waals surface area contributed by atoms with E-state index in [9.17, 15) is 14.3 Å². The predicted octanol–water partition coefficient (Wildman–Crippen LogP) is 3.46. The van der Waals surface area contributed by atoms with Gasteiger partial charge in [0.05, 0.1) is 0 Å². The van der Waals surface area contributed by atoms with Crippen LogP contribution in [0.3, 0.4) is 0 Å². The molecule has 20 heavy (non-hydrogen) atoms. The van der Waals surface area contributed by atoms with Gasteiger partial charge < -0.3 is 14.9 Å². The number of hydrogen-bond donors (Lipinski definition) is 2. The molecule has 0 heterocycles. The van der Waals surface area contributed by atoms with Crippen molar-refractivity contribution in [1.29, 1.82) is 0 Å². The monoisotopic (exact) mass is 296 g/mol. The molecule has 0 aromatic heterocycles. The van der Waals surface area contributed by atoms with Crippen LogP contribution in [0.1, 0.15) is 15.9 Å². The predicted molar refractivity (Wildman–Crippen MR) is 70.8 cm³/mol. The molecule has 0 fully saturated rings. The minimum absolute atomic E-state index is 0.0285. The van der Waals surface area contributed by atoms with Crippen LogP contribution in [0.5, 0.6) is 11.5 Å². The second kappa shape index (κ2) is 5.79. The van der Waals surface area contributed by atoms with Crippen LogP contribution in [0.25, 0.3) is 0 Å². The molecule has 2 aromatic carbocycles. The fourth-order valence-electron chi connectivity index (χ4n) is 1.61. The average Bonchev–Trinajstić information content (AvgIpc) is 2.39. The number of aromatic hydroxyl groups is 1. The summed E-state index contributed by atoms with van der Waals surface area (Å²) in [6.45, 7) is -0.153. The molecule has 0 saturated carbocycles. The van der Waals surface area contributed by atoms with Crippen LogP contribution in [-0.4, -0.2) is 16.2 Å². The Morgan fingerprint density at radius 2 is 2.05 bits per heavy atom. The second-order valence-corrected chi connectivity index (χ2v) is 4.42. The Balaban J connectivity index is 2.19. The molecule has 0 atom stereocenters. The van der Waals surface area contributed by atoms with Crippen LogP contribution in [0.2, 0.25) is 5.02 Å². The molecule has 2 rings (SSSR count). The van der Waals surface area contributed by atoms with E-state index >= 15 is 0 Å². The number of hydrogen-bond acceptors (Lipinski definition) is 3. The summed E-state index contributed by atoms with van der Waals surface area (Å²) in [6, 6.07) is 8.18. The fraction of sp³-hybridized carbons (Fsp3) is 0.0714. The lowest BCUT2D eigenvalue weighted by molar-refractivity contribution is 0.0692. The van der Waals surface area contributed by atoms with Crippen molar-refractivity contribution >= 4 is 17.6 Å². The average molecular weight is 297 g/mol. The van der Waals surface area contributed by atoms with Gasteiger partial charge in [0.2, 0.25) is 0 Å². The Labute approximate surface area is 119 Å². The van der Waals surface area contributed by atoms with E-state index in [0.29, 0.717) is 0 Å². The number of halogens is 2. The summed E-state index contributed by atoms with van der Waals surface area (Å²) in [5.74, 6) is -2.33. The maximum atomic E-state index is 13.5. The van der Waals surface area contributed by atoms with Gasteiger partial charge in [0.1, 0.15) is 18.0 Å². The van der Waals surface area contributed by atoms with Crippen LogP contribution in [-0.2, 0) is 6.61 Å². The molecule has 4 nitrogen and oxygen atoms in total. The molecule has 0 aliphatic carbocycles. The first kappa shape index (κ1) is 14.1. The molecular weight excluding hydrogens is 287 g/mol. The molecule has 104 valence electrons. The Kier molecular flexibility index (Phi) is 4.10. The van der Waals surface area contributed by atoms with Crippen LogP contribution >= 0.6 is 11.6 Å². The van der Waals surface area contributed by atoms with E-state index in [0.717, 1.165) is 6.07 Å². The van der Waals surface area contributed by atoms with Crippen LogP contribution < -0.4 is 4.74 Å². The van der Waals surface area contributed by atoms with Gasteiger partial charge in [-0.15, -0.1) is 0 Å². The van der Waals surface area contributed by atoms with E-state index in [-0.39, 0.29) is 28.5 Å². The van der Waals surface area contributed by atoms with Gasteiger partial charge in [0.25, 0.3) is 0 Å². The van der Waals surface area contributed by atoms with Gasteiger partial charge in [-0.3, -0.25) is 0 Å². The van der Waals surface area contributed by atoms with Crippen LogP contribution in [0, 0.1) is 5.82 Å². The highest BCUT2D eigenvalue weighted by molar-refractivity contribution is 6.30. The maximum absolute atomic E-state index is 13.5. The SMILES string of the molecule is O=C(O)c1cccc(OCc2ccc(Cl)cc2F)c1O. The number of aromatic carboxylic acids is 1. The van der Waals surface area contributed by atoms with Gasteiger partial charge >= 0.3 is 5.97 Å². The van der Waals surface area contributed by atoms with Gasteiger partial charge in [0, 0.05) is 10.6 Å². The van der Waals surface area contributed by atoms with E-state index in [2.05, 4.69) is 0 Å². The number of carbonyl (C=O) groups is 1. The molecule has 0 aliphatic rings. The minimum Gasteiger partial charge on any atom is -0.504 e. The van der Waals surface area contributed by atoms with Crippen molar-refractivity contribution < 1.29 is 24.1 Å². The number of carboxylic acid groups (broad SMARTS) is 1. The molecular formula is C14H10ClFO4. The number of ether oxygens (including phenoxy) is 1. The molecule has 0 amide bonds. The quantitative estimate of drug-likeness (QED) is 0.906. The van der Waals surface area contributed by atoms with E-state index in [1.807, 2.05) is 0 Å².